The van der Waals surface area contributed by atoms with E-state index in [1.54, 1.807) is 7.11 Å². The van der Waals surface area contributed by atoms with Crippen molar-refractivity contribution in [2.75, 3.05) is 13.7 Å². The third-order valence-corrected chi connectivity index (χ3v) is 2.44. The number of epoxide rings is 1. The van der Waals surface area contributed by atoms with Crippen LogP contribution in [-0.2, 0) is 9.47 Å². The molecule has 72 valence electrons. The van der Waals surface area contributed by atoms with E-state index >= 15 is 0 Å². The van der Waals surface area contributed by atoms with Gasteiger partial charge < -0.3 is 14.6 Å². The quantitative estimate of drug-likeness (QED) is 0.676. The third kappa shape index (κ3) is 2.04. The minimum absolute atomic E-state index is 0.260. The van der Waals surface area contributed by atoms with Crippen molar-refractivity contribution in [3.63, 3.8) is 0 Å². The van der Waals surface area contributed by atoms with Crippen molar-refractivity contribution in [1.29, 1.82) is 0 Å². The van der Waals surface area contributed by atoms with Gasteiger partial charge in [0.15, 0.2) is 11.5 Å². The predicted molar refractivity (Wildman–Crippen MR) is 48.3 cm³/mol. The standard InChI is InChI=1S/C10H14O3/c1-12-10-5-7(2-3-9(10)11)4-8-6-13-8/h3,5,7-8,11H,2,4,6H2,1H3. The zero-order valence-electron chi connectivity index (χ0n) is 7.69. The van der Waals surface area contributed by atoms with E-state index in [2.05, 4.69) is 0 Å². The molecule has 2 rings (SSSR count). The van der Waals surface area contributed by atoms with Gasteiger partial charge in [-0.25, -0.2) is 0 Å². The van der Waals surface area contributed by atoms with Crippen LogP contribution in [-0.4, -0.2) is 24.9 Å². The largest absolute Gasteiger partial charge is 0.504 e. The highest BCUT2D eigenvalue weighted by atomic mass is 16.6. The van der Waals surface area contributed by atoms with Crippen LogP contribution < -0.4 is 0 Å². The molecular formula is C10H14O3. The lowest BCUT2D eigenvalue weighted by molar-refractivity contribution is 0.244. The Labute approximate surface area is 77.7 Å². The van der Waals surface area contributed by atoms with E-state index in [1.165, 1.54) is 0 Å². The van der Waals surface area contributed by atoms with Crippen LogP contribution in [0.1, 0.15) is 12.8 Å². The molecule has 1 heterocycles. The number of rotatable bonds is 3. The normalized spacial score (nSPS) is 32.1. The van der Waals surface area contributed by atoms with Crippen LogP contribution >= 0.6 is 0 Å². The molecule has 2 unspecified atom stereocenters. The minimum atomic E-state index is 0.260. The lowest BCUT2D eigenvalue weighted by atomic mass is 9.94. The summed E-state index contributed by atoms with van der Waals surface area (Å²) >= 11 is 0. The SMILES string of the molecule is COC1=CC(CC2CO2)CC=C1O. The van der Waals surface area contributed by atoms with E-state index in [0.29, 0.717) is 17.8 Å². The van der Waals surface area contributed by atoms with Gasteiger partial charge in [0, 0.05) is 0 Å². The summed E-state index contributed by atoms with van der Waals surface area (Å²) in [6.07, 6.45) is 6.16. The van der Waals surface area contributed by atoms with Crippen LogP contribution in [0.2, 0.25) is 0 Å². The summed E-state index contributed by atoms with van der Waals surface area (Å²) in [7, 11) is 1.58. The Balaban J connectivity index is 1.96. The zero-order chi connectivity index (χ0) is 9.26. The van der Waals surface area contributed by atoms with Gasteiger partial charge in [-0.2, -0.15) is 0 Å². The van der Waals surface area contributed by atoms with E-state index in [1.807, 2.05) is 12.2 Å². The van der Waals surface area contributed by atoms with Crippen LogP contribution in [0, 0.1) is 5.92 Å². The number of allylic oxidation sites excluding steroid dienone is 2. The van der Waals surface area contributed by atoms with Gasteiger partial charge in [0.25, 0.3) is 0 Å². The maximum Gasteiger partial charge on any atom is 0.156 e. The molecule has 0 spiro atoms. The maximum atomic E-state index is 9.37. The van der Waals surface area contributed by atoms with Crippen molar-refractivity contribution >= 4 is 0 Å². The summed E-state index contributed by atoms with van der Waals surface area (Å²) in [5, 5.41) is 9.37. The molecule has 0 aromatic rings. The van der Waals surface area contributed by atoms with Crippen molar-refractivity contribution < 1.29 is 14.6 Å². The molecular weight excluding hydrogens is 168 g/mol. The Morgan fingerprint density at radius 3 is 3.08 bits per heavy atom. The minimum Gasteiger partial charge on any atom is -0.504 e. The molecule has 0 bridgehead atoms. The Morgan fingerprint density at radius 2 is 2.46 bits per heavy atom. The van der Waals surface area contributed by atoms with Gasteiger partial charge >= 0.3 is 0 Å². The molecule has 0 radical (unpaired) electrons. The molecule has 0 amide bonds. The first-order chi connectivity index (χ1) is 6.29. The molecule has 1 fully saturated rings. The highest BCUT2D eigenvalue weighted by Gasteiger charge is 2.27. The second-order valence-electron chi connectivity index (χ2n) is 3.51. The molecule has 1 saturated heterocycles. The van der Waals surface area contributed by atoms with Crippen LogP contribution in [0.25, 0.3) is 0 Å². The number of hydrogen-bond donors (Lipinski definition) is 1. The first kappa shape index (κ1) is 8.63. The van der Waals surface area contributed by atoms with Crippen molar-refractivity contribution in [3.8, 4) is 0 Å². The van der Waals surface area contributed by atoms with Crippen LogP contribution in [0.4, 0.5) is 0 Å². The molecule has 1 N–H and O–H groups in total. The summed E-state index contributed by atoms with van der Waals surface area (Å²) in [6.45, 7) is 0.891. The number of aliphatic hydroxyl groups excluding tert-OH is 1. The second kappa shape index (κ2) is 3.42. The molecule has 0 aromatic heterocycles. The molecule has 3 nitrogen and oxygen atoms in total. The Hall–Kier alpha value is -0.960. The summed E-state index contributed by atoms with van der Waals surface area (Å²) in [5.74, 6) is 1.31. The van der Waals surface area contributed by atoms with Crippen molar-refractivity contribution in [2.45, 2.75) is 18.9 Å². The highest BCUT2D eigenvalue weighted by molar-refractivity contribution is 5.24. The Kier molecular flexibility index (Phi) is 2.27. The van der Waals surface area contributed by atoms with E-state index in [0.717, 1.165) is 19.4 Å². The van der Waals surface area contributed by atoms with Gasteiger partial charge in [0.1, 0.15) is 0 Å². The molecule has 0 aromatic carbocycles. The number of ether oxygens (including phenoxy) is 2. The molecule has 3 heteroatoms. The van der Waals surface area contributed by atoms with Crippen molar-refractivity contribution in [3.05, 3.63) is 23.7 Å². The topological polar surface area (TPSA) is 42.0 Å². The van der Waals surface area contributed by atoms with Crippen LogP contribution in [0.15, 0.2) is 23.7 Å². The zero-order valence-corrected chi connectivity index (χ0v) is 7.69. The number of hydrogen-bond acceptors (Lipinski definition) is 3. The van der Waals surface area contributed by atoms with Gasteiger partial charge in [-0.1, -0.05) is 0 Å². The second-order valence-corrected chi connectivity index (χ2v) is 3.51. The van der Waals surface area contributed by atoms with Gasteiger partial charge in [0.05, 0.1) is 19.8 Å². The fourth-order valence-corrected chi connectivity index (χ4v) is 1.61. The summed E-state index contributed by atoms with van der Waals surface area (Å²) in [5.41, 5.74) is 0. The average molecular weight is 182 g/mol. The maximum absolute atomic E-state index is 9.37. The fraction of sp³-hybridized carbons (Fsp3) is 0.600. The van der Waals surface area contributed by atoms with E-state index in [-0.39, 0.29) is 5.76 Å². The van der Waals surface area contributed by atoms with Gasteiger partial charge in [-0.15, -0.1) is 0 Å². The molecule has 2 aliphatic rings. The van der Waals surface area contributed by atoms with Crippen LogP contribution in [0.5, 0.6) is 0 Å². The van der Waals surface area contributed by atoms with E-state index in [4.69, 9.17) is 9.47 Å². The van der Waals surface area contributed by atoms with Gasteiger partial charge in [-0.05, 0) is 30.9 Å². The number of aliphatic hydroxyl groups is 1. The van der Waals surface area contributed by atoms with E-state index < -0.39 is 0 Å². The van der Waals surface area contributed by atoms with Gasteiger partial charge in [-0.3, -0.25) is 0 Å². The number of methoxy groups -OCH3 is 1. The predicted octanol–water partition coefficient (Wildman–Crippen LogP) is 1.77. The third-order valence-electron chi connectivity index (χ3n) is 2.44. The van der Waals surface area contributed by atoms with Crippen LogP contribution in [0.3, 0.4) is 0 Å². The van der Waals surface area contributed by atoms with Crippen molar-refractivity contribution in [2.24, 2.45) is 5.92 Å². The molecule has 0 saturated carbocycles. The van der Waals surface area contributed by atoms with E-state index in [9.17, 15) is 5.11 Å². The lowest BCUT2D eigenvalue weighted by Crippen LogP contribution is -2.08. The van der Waals surface area contributed by atoms with Gasteiger partial charge in [0.2, 0.25) is 0 Å². The fourth-order valence-electron chi connectivity index (χ4n) is 1.61. The highest BCUT2D eigenvalue weighted by Crippen LogP contribution is 2.28. The lowest BCUT2D eigenvalue weighted by Gasteiger charge is -2.16. The monoisotopic (exact) mass is 182 g/mol. The molecule has 1 aliphatic carbocycles. The summed E-state index contributed by atoms with van der Waals surface area (Å²) < 4.78 is 10.2. The Bertz CT molecular complexity index is 251. The first-order valence-corrected chi connectivity index (χ1v) is 4.56. The average Bonchev–Trinajstić information content (AvgIpc) is 2.92. The van der Waals surface area contributed by atoms with Crippen molar-refractivity contribution in [1.82, 2.24) is 0 Å². The first-order valence-electron chi connectivity index (χ1n) is 4.56. The molecule has 13 heavy (non-hydrogen) atoms. The smallest absolute Gasteiger partial charge is 0.156 e. The summed E-state index contributed by atoms with van der Waals surface area (Å²) in [6, 6.07) is 0. The molecule has 1 aliphatic heterocycles. The Morgan fingerprint density at radius 1 is 1.69 bits per heavy atom. The molecule has 2 atom stereocenters. The summed E-state index contributed by atoms with van der Waals surface area (Å²) in [4.78, 5) is 0.